The van der Waals surface area contributed by atoms with Gasteiger partial charge in [-0.05, 0) is 24.6 Å². The quantitative estimate of drug-likeness (QED) is 0.897. The molecule has 7 heteroatoms. The topological polar surface area (TPSA) is 55.1 Å². The van der Waals surface area contributed by atoms with Gasteiger partial charge in [0, 0.05) is 6.54 Å². The molecule has 0 spiro atoms. The zero-order valence-electron chi connectivity index (χ0n) is 10.3. The Labute approximate surface area is 115 Å². The van der Waals surface area contributed by atoms with Crippen molar-refractivity contribution in [3.63, 3.8) is 0 Å². The van der Waals surface area contributed by atoms with Crippen LogP contribution in [0.15, 0.2) is 24.3 Å². The van der Waals surface area contributed by atoms with E-state index in [4.69, 9.17) is 5.73 Å². The van der Waals surface area contributed by atoms with Gasteiger partial charge in [-0.25, -0.2) is 0 Å². The van der Waals surface area contributed by atoms with Crippen LogP contribution < -0.4 is 11.1 Å². The predicted octanol–water partition coefficient (Wildman–Crippen LogP) is 2.45. The van der Waals surface area contributed by atoms with Gasteiger partial charge in [-0.1, -0.05) is 19.1 Å². The standard InChI is InChI=1S/C12H15F3N2O.ClH/c1-8(6-16)7-17-11(18)9-4-2-3-5-10(9)12(13,14)15;/h2-5,8H,6-7,16H2,1H3,(H,17,18);1H. The fourth-order valence-electron chi connectivity index (χ4n) is 1.37. The normalized spacial score (nSPS) is 12.5. The largest absolute Gasteiger partial charge is 0.417 e. The molecular formula is C12H16ClF3N2O. The van der Waals surface area contributed by atoms with E-state index in [1.54, 1.807) is 6.92 Å². The second-order valence-electron chi connectivity index (χ2n) is 4.09. The first-order valence-corrected chi connectivity index (χ1v) is 5.50. The van der Waals surface area contributed by atoms with E-state index in [0.29, 0.717) is 6.54 Å². The van der Waals surface area contributed by atoms with Crippen LogP contribution in [-0.2, 0) is 6.18 Å². The van der Waals surface area contributed by atoms with Gasteiger partial charge in [0.15, 0.2) is 0 Å². The Hall–Kier alpha value is -1.27. The minimum atomic E-state index is -4.53. The number of benzene rings is 1. The number of carbonyl (C=O) groups excluding carboxylic acids is 1. The predicted molar refractivity (Wildman–Crippen MR) is 69.2 cm³/mol. The number of nitrogens with two attached hydrogens (primary N) is 1. The Morgan fingerprint density at radius 2 is 1.95 bits per heavy atom. The van der Waals surface area contributed by atoms with Gasteiger partial charge in [0.1, 0.15) is 0 Å². The molecule has 0 fully saturated rings. The maximum atomic E-state index is 12.7. The van der Waals surface area contributed by atoms with E-state index in [1.807, 2.05) is 0 Å². The number of hydrogen-bond donors (Lipinski definition) is 2. The SMILES string of the molecule is CC(CN)CNC(=O)c1ccccc1C(F)(F)F.Cl. The molecule has 1 rings (SSSR count). The molecule has 1 aromatic rings. The molecule has 3 nitrogen and oxygen atoms in total. The van der Waals surface area contributed by atoms with Crippen molar-refractivity contribution < 1.29 is 18.0 Å². The van der Waals surface area contributed by atoms with Crippen LogP contribution in [0.5, 0.6) is 0 Å². The average Bonchev–Trinajstić information content (AvgIpc) is 2.34. The molecule has 0 aliphatic rings. The molecule has 0 aliphatic carbocycles. The second kappa shape index (κ2) is 7.35. The number of hydrogen-bond acceptors (Lipinski definition) is 2. The van der Waals surface area contributed by atoms with E-state index < -0.39 is 17.6 Å². The van der Waals surface area contributed by atoms with Crippen molar-refractivity contribution in [1.29, 1.82) is 0 Å². The van der Waals surface area contributed by atoms with Crippen LogP contribution in [0, 0.1) is 5.92 Å². The molecule has 0 aromatic heterocycles. The molecule has 0 saturated carbocycles. The number of carbonyl (C=O) groups is 1. The van der Waals surface area contributed by atoms with Crippen LogP contribution >= 0.6 is 12.4 Å². The first kappa shape index (κ1) is 17.7. The molecule has 0 bridgehead atoms. The monoisotopic (exact) mass is 296 g/mol. The fraction of sp³-hybridized carbons (Fsp3) is 0.417. The Balaban J connectivity index is 0.00000324. The van der Waals surface area contributed by atoms with Crippen molar-refractivity contribution in [2.24, 2.45) is 11.7 Å². The summed E-state index contributed by atoms with van der Waals surface area (Å²) in [5, 5.41) is 2.44. The lowest BCUT2D eigenvalue weighted by molar-refractivity contribution is -0.137. The highest BCUT2D eigenvalue weighted by Gasteiger charge is 2.34. The van der Waals surface area contributed by atoms with Gasteiger partial charge in [-0.3, -0.25) is 4.79 Å². The van der Waals surface area contributed by atoms with Crippen LogP contribution in [0.2, 0.25) is 0 Å². The number of alkyl halides is 3. The van der Waals surface area contributed by atoms with Crippen LogP contribution in [0.3, 0.4) is 0 Å². The Morgan fingerprint density at radius 3 is 2.47 bits per heavy atom. The molecule has 0 radical (unpaired) electrons. The average molecular weight is 297 g/mol. The first-order chi connectivity index (χ1) is 8.36. The molecule has 0 saturated heterocycles. The van der Waals surface area contributed by atoms with Crippen molar-refractivity contribution in [3.05, 3.63) is 35.4 Å². The smallest absolute Gasteiger partial charge is 0.352 e. The lowest BCUT2D eigenvalue weighted by atomic mass is 10.1. The highest BCUT2D eigenvalue weighted by Crippen LogP contribution is 2.31. The van der Waals surface area contributed by atoms with Gasteiger partial charge in [-0.15, -0.1) is 12.4 Å². The van der Waals surface area contributed by atoms with Crippen molar-refractivity contribution in [1.82, 2.24) is 5.32 Å². The van der Waals surface area contributed by atoms with E-state index in [0.717, 1.165) is 12.1 Å². The third-order valence-corrected chi connectivity index (χ3v) is 2.49. The summed E-state index contributed by atoms with van der Waals surface area (Å²) in [6, 6.07) is 4.70. The number of amides is 1. The lowest BCUT2D eigenvalue weighted by Gasteiger charge is -2.14. The fourth-order valence-corrected chi connectivity index (χ4v) is 1.37. The molecule has 108 valence electrons. The molecular weight excluding hydrogens is 281 g/mol. The summed E-state index contributed by atoms with van der Waals surface area (Å²) < 4.78 is 38.0. The van der Waals surface area contributed by atoms with Gasteiger partial charge in [0.2, 0.25) is 0 Å². The minimum Gasteiger partial charge on any atom is -0.352 e. The number of halogens is 4. The van der Waals surface area contributed by atoms with E-state index in [9.17, 15) is 18.0 Å². The molecule has 1 amide bonds. The molecule has 0 heterocycles. The molecule has 1 unspecified atom stereocenters. The summed E-state index contributed by atoms with van der Waals surface area (Å²) in [7, 11) is 0. The van der Waals surface area contributed by atoms with Gasteiger partial charge >= 0.3 is 6.18 Å². The van der Waals surface area contributed by atoms with Crippen LogP contribution in [-0.4, -0.2) is 19.0 Å². The summed E-state index contributed by atoms with van der Waals surface area (Å²) in [5.74, 6) is -0.713. The highest BCUT2D eigenvalue weighted by atomic mass is 35.5. The zero-order chi connectivity index (χ0) is 13.8. The number of rotatable bonds is 4. The van der Waals surface area contributed by atoms with Crippen molar-refractivity contribution in [2.45, 2.75) is 13.1 Å². The van der Waals surface area contributed by atoms with E-state index in [2.05, 4.69) is 5.32 Å². The molecule has 1 atom stereocenters. The summed E-state index contributed by atoms with van der Waals surface area (Å²) in [6.45, 7) is 2.42. The van der Waals surface area contributed by atoms with Gasteiger partial charge in [0.25, 0.3) is 5.91 Å². The van der Waals surface area contributed by atoms with Crippen LogP contribution in [0.1, 0.15) is 22.8 Å². The Kier molecular flexibility index (Phi) is 6.86. The van der Waals surface area contributed by atoms with Crippen molar-refractivity contribution in [3.8, 4) is 0 Å². The van der Waals surface area contributed by atoms with E-state index >= 15 is 0 Å². The minimum absolute atomic E-state index is 0. The Bertz CT molecular complexity index is 424. The van der Waals surface area contributed by atoms with Crippen LogP contribution in [0.25, 0.3) is 0 Å². The molecule has 1 aromatic carbocycles. The molecule has 19 heavy (non-hydrogen) atoms. The summed E-state index contributed by atoms with van der Waals surface area (Å²) in [6.07, 6.45) is -4.53. The maximum Gasteiger partial charge on any atom is 0.417 e. The highest BCUT2D eigenvalue weighted by molar-refractivity contribution is 5.95. The van der Waals surface area contributed by atoms with Crippen molar-refractivity contribution >= 4 is 18.3 Å². The third kappa shape index (κ3) is 5.08. The summed E-state index contributed by atoms with van der Waals surface area (Å²) in [5.41, 5.74) is 4.07. The zero-order valence-corrected chi connectivity index (χ0v) is 11.1. The second-order valence-corrected chi connectivity index (χ2v) is 4.09. The summed E-state index contributed by atoms with van der Waals surface area (Å²) >= 11 is 0. The van der Waals surface area contributed by atoms with Crippen LogP contribution in [0.4, 0.5) is 13.2 Å². The summed E-state index contributed by atoms with van der Waals surface area (Å²) in [4.78, 5) is 11.7. The third-order valence-electron chi connectivity index (χ3n) is 2.49. The molecule has 3 N–H and O–H groups in total. The van der Waals surface area contributed by atoms with E-state index in [1.165, 1.54) is 12.1 Å². The maximum absolute atomic E-state index is 12.7. The molecule has 0 aliphatic heterocycles. The van der Waals surface area contributed by atoms with Crippen molar-refractivity contribution in [2.75, 3.05) is 13.1 Å². The number of nitrogens with one attached hydrogen (secondary N) is 1. The van der Waals surface area contributed by atoms with Gasteiger partial charge < -0.3 is 11.1 Å². The van der Waals surface area contributed by atoms with Gasteiger partial charge in [-0.2, -0.15) is 13.2 Å². The van der Waals surface area contributed by atoms with Gasteiger partial charge in [0.05, 0.1) is 11.1 Å². The van der Waals surface area contributed by atoms with E-state index in [-0.39, 0.29) is 30.4 Å². The first-order valence-electron chi connectivity index (χ1n) is 5.50. The Morgan fingerprint density at radius 1 is 1.37 bits per heavy atom. The lowest BCUT2D eigenvalue weighted by Crippen LogP contribution is -2.32.